The van der Waals surface area contributed by atoms with Crippen molar-refractivity contribution in [2.24, 2.45) is 5.92 Å². The van der Waals surface area contributed by atoms with Crippen LogP contribution >= 0.6 is 11.6 Å². The van der Waals surface area contributed by atoms with Gasteiger partial charge in [-0.2, -0.15) is 0 Å². The number of amides is 2. The minimum absolute atomic E-state index is 0.0112. The molecule has 1 fully saturated rings. The Morgan fingerprint density at radius 2 is 1.89 bits per heavy atom. The first-order valence-electron chi connectivity index (χ1n) is 11.7. The molecular weight excluding hydrogens is 464 g/mol. The smallest absolute Gasteiger partial charge is 0.257 e. The fraction of sp³-hybridized carbons (Fsp3) is 0.333. The summed E-state index contributed by atoms with van der Waals surface area (Å²) in [7, 11) is 1.81. The maximum absolute atomic E-state index is 13.2. The summed E-state index contributed by atoms with van der Waals surface area (Å²) >= 11 is 6.02. The second kappa shape index (κ2) is 11.3. The highest BCUT2D eigenvalue weighted by Gasteiger charge is 2.35. The topological polar surface area (TPSA) is 75.6 Å². The first-order valence-corrected chi connectivity index (χ1v) is 12.0. The number of aryl methyl sites for hydroxylation is 1. The number of carbonyl (C=O) groups is 2. The van der Waals surface area contributed by atoms with E-state index in [1.807, 2.05) is 42.5 Å². The Morgan fingerprint density at radius 1 is 1.14 bits per heavy atom. The Kier molecular flexibility index (Phi) is 7.98. The third kappa shape index (κ3) is 6.36. The lowest BCUT2D eigenvalue weighted by atomic mass is 9.90. The molecule has 3 aromatic rings. The second-order valence-corrected chi connectivity index (χ2v) is 9.31. The maximum atomic E-state index is 13.2. The van der Waals surface area contributed by atoms with Crippen LogP contribution in [0.25, 0.3) is 0 Å². The molecule has 0 radical (unpaired) electrons. The Balaban J connectivity index is 1.49. The fourth-order valence-corrected chi connectivity index (χ4v) is 4.46. The summed E-state index contributed by atoms with van der Waals surface area (Å²) in [6.07, 6.45) is 3.66. The molecular formula is C27H29ClN4O3. The molecule has 0 unspecified atom stereocenters. The Bertz CT molecular complexity index is 1160. The van der Waals surface area contributed by atoms with E-state index in [1.165, 1.54) is 6.33 Å². The molecule has 8 heteroatoms. The van der Waals surface area contributed by atoms with Gasteiger partial charge in [0.15, 0.2) is 0 Å². The lowest BCUT2D eigenvalue weighted by Crippen LogP contribution is -2.49. The van der Waals surface area contributed by atoms with Gasteiger partial charge in [0.25, 0.3) is 5.91 Å². The van der Waals surface area contributed by atoms with Gasteiger partial charge in [-0.25, -0.2) is 9.97 Å². The number of ether oxygens (including phenoxy) is 1. The number of benzene rings is 2. The summed E-state index contributed by atoms with van der Waals surface area (Å²) in [6.45, 7) is 3.26. The number of likely N-dealkylation sites (tertiary alicyclic amines) is 1. The first-order chi connectivity index (χ1) is 16.9. The van der Waals surface area contributed by atoms with Crippen LogP contribution in [-0.4, -0.2) is 57.8 Å². The van der Waals surface area contributed by atoms with Gasteiger partial charge in [0.1, 0.15) is 18.2 Å². The highest BCUT2D eigenvalue weighted by atomic mass is 35.5. The van der Waals surface area contributed by atoms with Crippen LogP contribution in [0.2, 0.25) is 5.02 Å². The molecule has 0 spiro atoms. The molecule has 35 heavy (non-hydrogen) atoms. The van der Waals surface area contributed by atoms with Crippen molar-refractivity contribution in [2.45, 2.75) is 32.4 Å². The summed E-state index contributed by atoms with van der Waals surface area (Å²) in [5.74, 6) is 0.417. The van der Waals surface area contributed by atoms with Gasteiger partial charge in [0.2, 0.25) is 5.91 Å². The van der Waals surface area contributed by atoms with Crippen LogP contribution in [0.1, 0.15) is 34.5 Å². The molecule has 1 aromatic heterocycles. The van der Waals surface area contributed by atoms with Gasteiger partial charge >= 0.3 is 0 Å². The van der Waals surface area contributed by atoms with Crippen molar-refractivity contribution in [1.82, 2.24) is 19.8 Å². The minimum atomic E-state index is -0.206. The highest BCUT2D eigenvalue weighted by molar-refractivity contribution is 6.30. The molecule has 2 heterocycles. The molecule has 2 atom stereocenters. The summed E-state index contributed by atoms with van der Waals surface area (Å²) in [5, 5.41) is 0.632. The van der Waals surface area contributed by atoms with E-state index in [0.717, 1.165) is 5.56 Å². The maximum Gasteiger partial charge on any atom is 0.257 e. The van der Waals surface area contributed by atoms with Crippen molar-refractivity contribution in [1.29, 1.82) is 0 Å². The third-order valence-electron chi connectivity index (χ3n) is 6.32. The molecule has 1 aliphatic rings. The van der Waals surface area contributed by atoms with Crippen LogP contribution in [-0.2, 0) is 11.3 Å². The Hall–Kier alpha value is -3.45. The fourth-order valence-electron chi connectivity index (χ4n) is 4.33. The Morgan fingerprint density at radius 3 is 2.60 bits per heavy atom. The van der Waals surface area contributed by atoms with Gasteiger partial charge in [-0.1, -0.05) is 41.9 Å². The van der Waals surface area contributed by atoms with E-state index in [1.54, 1.807) is 42.1 Å². The monoisotopic (exact) mass is 492 g/mol. The Labute approximate surface area is 210 Å². The zero-order valence-electron chi connectivity index (χ0n) is 19.9. The van der Waals surface area contributed by atoms with E-state index in [-0.39, 0.29) is 30.3 Å². The molecule has 0 bridgehead atoms. The predicted molar refractivity (Wildman–Crippen MR) is 134 cm³/mol. The van der Waals surface area contributed by atoms with Crippen molar-refractivity contribution in [3.63, 3.8) is 0 Å². The molecule has 2 amide bonds. The van der Waals surface area contributed by atoms with Crippen LogP contribution in [0.15, 0.2) is 67.1 Å². The van der Waals surface area contributed by atoms with E-state index in [2.05, 4.69) is 9.97 Å². The average molecular weight is 493 g/mol. The standard InChI is InChI=1S/C27H29ClN4O3/c1-19-24(15-29-18-30-19)27(34)32-13-12-25(35-23-10-8-22(28)9-11-23)21(17-32)14-26(33)31(2)16-20-6-4-3-5-7-20/h3-11,15,18,21,25H,12-14,16-17H2,1-2H3/t21-,25-/m0/s1. The lowest BCUT2D eigenvalue weighted by molar-refractivity contribution is -0.132. The van der Waals surface area contributed by atoms with E-state index >= 15 is 0 Å². The van der Waals surface area contributed by atoms with E-state index in [9.17, 15) is 9.59 Å². The van der Waals surface area contributed by atoms with E-state index in [0.29, 0.717) is 48.1 Å². The predicted octanol–water partition coefficient (Wildman–Crippen LogP) is 4.40. The summed E-state index contributed by atoms with van der Waals surface area (Å²) < 4.78 is 6.29. The number of aromatic nitrogens is 2. The number of halogens is 1. The zero-order chi connectivity index (χ0) is 24.8. The van der Waals surface area contributed by atoms with Crippen molar-refractivity contribution in [2.75, 3.05) is 20.1 Å². The summed E-state index contributed by atoms with van der Waals surface area (Å²) in [6, 6.07) is 17.1. The zero-order valence-corrected chi connectivity index (χ0v) is 20.7. The van der Waals surface area contributed by atoms with Crippen LogP contribution in [0.5, 0.6) is 5.75 Å². The van der Waals surface area contributed by atoms with Crippen molar-refractivity contribution >= 4 is 23.4 Å². The number of nitrogens with zero attached hydrogens (tertiary/aromatic N) is 4. The van der Waals surface area contributed by atoms with Crippen molar-refractivity contribution < 1.29 is 14.3 Å². The number of hydrogen-bond acceptors (Lipinski definition) is 5. The molecule has 182 valence electrons. The van der Waals surface area contributed by atoms with Crippen molar-refractivity contribution in [3.8, 4) is 5.75 Å². The van der Waals surface area contributed by atoms with E-state index < -0.39 is 0 Å². The first kappa shape index (κ1) is 24.7. The largest absolute Gasteiger partial charge is 0.490 e. The third-order valence-corrected chi connectivity index (χ3v) is 6.57. The molecule has 0 saturated carbocycles. The van der Waals surface area contributed by atoms with Gasteiger partial charge in [0.05, 0.1) is 11.3 Å². The van der Waals surface area contributed by atoms with Crippen molar-refractivity contribution in [3.05, 3.63) is 89.0 Å². The number of carbonyl (C=O) groups excluding carboxylic acids is 2. The molecule has 2 aromatic carbocycles. The molecule has 0 aliphatic carbocycles. The number of piperidine rings is 1. The van der Waals surface area contributed by atoms with Crippen LogP contribution in [0.4, 0.5) is 0 Å². The molecule has 0 N–H and O–H groups in total. The molecule has 1 aliphatic heterocycles. The molecule has 7 nitrogen and oxygen atoms in total. The summed E-state index contributed by atoms with van der Waals surface area (Å²) in [4.78, 5) is 38.1. The molecule has 4 rings (SSSR count). The quantitative estimate of drug-likeness (QED) is 0.488. The summed E-state index contributed by atoms with van der Waals surface area (Å²) in [5.41, 5.74) is 2.19. The van der Waals surface area contributed by atoms with Gasteiger partial charge in [-0.05, 0) is 36.8 Å². The number of rotatable bonds is 7. The normalized spacial score (nSPS) is 17.6. The van der Waals surface area contributed by atoms with Gasteiger partial charge < -0.3 is 14.5 Å². The average Bonchev–Trinajstić information content (AvgIpc) is 2.87. The van der Waals surface area contributed by atoms with Gasteiger partial charge in [-0.3, -0.25) is 9.59 Å². The number of hydrogen-bond donors (Lipinski definition) is 0. The minimum Gasteiger partial charge on any atom is -0.490 e. The second-order valence-electron chi connectivity index (χ2n) is 8.87. The highest BCUT2D eigenvalue weighted by Crippen LogP contribution is 2.28. The van der Waals surface area contributed by atoms with Gasteiger partial charge in [0, 0.05) is 56.7 Å². The lowest BCUT2D eigenvalue weighted by Gasteiger charge is -2.39. The van der Waals surface area contributed by atoms with Crippen LogP contribution in [0, 0.1) is 12.8 Å². The van der Waals surface area contributed by atoms with Gasteiger partial charge in [-0.15, -0.1) is 0 Å². The van der Waals surface area contributed by atoms with Crippen LogP contribution < -0.4 is 4.74 Å². The molecule has 1 saturated heterocycles. The van der Waals surface area contributed by atoms with E-state index in [4.69, 9.17) is 16.3 Å². The van der Waals surface area contributed by atoms with Crippen LogP contribution in [0.3, 0.4) is 0 Å². The SMILES string of the molecule is Cc1ncncc1C(=O)N1CC[C@H](Oc2ccc(Cl)cc2)[C@@H](CC(=O)N(C)Cc2ccccc2)C1.